The van der Waals surface area contributed by atoms with Crippen LogP contribution in [0.1, 0.15) is 13.8 Å². The monoisotopic (exact) mass is 365 g/mol. The molecule has 6 N–H and O–H groups in total. The van der Waals surface area contributed by atoms with Gasteiger partial charge in [0, 0.05) is 17.2 Å². The molecule has 112 valence electrons. The second kappa shape index (κ2) is 6.04. The predicted molar refractivity (Wildman–Crippen MR) is 77.9 cm³/mol. The molecule has 1 heterocycles. The van der Waals surface area contributed by atoms with E-state index in [1.54, 1.807) is 13.8 Å². The molecular formula is C10H16BrN5O3S. The first-order valence-electron chi connectivity index (χ1n) is 5.52. The molecule has 1 aromatic rings. The van der Waals surface area contributed by atoms with Crippen LogP contribution in [0.3, 0.4) is 0 Å². The number of aromatic nitrogens is 1. The van der Waals surface area contributed by atoms with E-state index in [2.05, 4.69) is 31.1 Å². The highest BCUT2D eigenvalue weighted by Gasteiger charge is 2.28. The van der Waals surface area contributed by atoms with Crippen LogP contribution in [0, 0.1) is 5.41 Å². The molecule has 0 saturated heterocycles. The Morgan fingerprint density at radius 3 is 2.60 bits per heavy atom. The molecule has 0 atom stereocenters. The molecule has 8 nitrogen and oxygen atoms in total. The molecule has 0 bridgehead atoms. The number of nitrogen functional groups attached to an aromatic ring is 1. The predicted octanol–water partition coefficient (Wildman–Crippen LogP) is -0.0805. The Morgan fingerprint density at radius 1 is 1.50 bits per heavy atom. The maximum Gasteiger partial charge on any atom is 0.244 e. The molecule has 20 heavy (non-hydrogen) atoms. The number of pyridine rings is 1. The van der Waals surface area contributed by atoms with Crippen LogP contribution < -0.4 is 21.7 Å². The molecule has 0 spiro atoms. The van der Waals surface area contributed by atoms with Crippen LogP contribution in [0.5, 0.6) is 0 Å². The van der Waals surface area contributed by atoms with E-state index in [4.69, 9.17) is 11.6 Å². The number of carbonyl (C=O) groups excluding carboxylic acids is 1. The van der Waals surface area contributed by atoms with E-state index in [-0.39, 0.29) is 17.3 Å². The van der Waals surface area contributed by atoms with E-state index in [1.165, 1.54) is 12.3 Å². The second-order valence-electron chi connectivity index (χ2n) is 4.72. The van der Waals surface area contributed by atoms with Crippen molar-refractivity contribution in [1.82, 2.24) is 9.71 Å². The number of halogens is 1. The van der Waals surface area contributed by atoms with Gasteiger partial charge in [0.2, 0.25) is 15.9 Å². The molecule has 1 amide bonds. The molecule has 0 fully saturated rings. The molecule has 0 aliphatic heterocycles. The SMILES string of the molecule is CC(C)(CNS(=O)(=O)c1cc(Br)cnc1NN)C(N)=O. The molecule has 1 aromatic heterocycles. The summed E-state index contributed by atoms with van der Waals surface area (Å²) in [6.45, 7) is 2.94. The number of rotatable bonds is 6. The molecule has 0 radical (unpaired) electrons. The van der Waals surface area contributed by atoms with E-state index >= 15 is 0 Å². The van der Waals surface area contributed by atoms with Gasteiger partial charge in [-0.2, -0.15) is 0 Å². The maximum absolute atomic E-state index is 12.2. The number of sulfonamides is 1. The fourth-order valence-corrected chi connectivity index (χ4v) is 3.01. The molecule has 0 aliphatic carbocycles. The average Bonchev–Trinajstić information content (AvgIpc) is 2.36. The molecule has 10 heteroatoms. The Bertz CT molecular complexity index is 617. The first-order valence-corrected chi connectivity index (χ1v) is 7.79. The summed E-state index contributed by atoms with van der Waals surface area (Å²) in [5.74, 6) is 4.62. The first kappa shape index (κ1) is 16.8. The number of carbonyl (C=O) groups is 1. The van der Waals surface area contributed by atoms with Gasteiger partial charge in [-0.15, -0.1) is 0 Å². The Labute approximate surface area is 125 Å². The number of hydrazine groups is 1. The smallest absolute Gasteiger partial charge is 0.244 e. The second-order valence-corrected chi connectivity index (χ2v) is 7.37. The maximum atomic E-state index is 12.2. The highest BCUT2D eigenvalue weighted by atomic mass is 79.9. The van der Waals surface area contributed by atoms with Gasteiger partial charge in [-0.25, -0.2) is 24.0 Å². The highest BCUT2D eigenvalue weighted by Crippen LogP contribution is 2.23. The largest absolute Gasteiger partial charge is 0.369 e. The Kier molecular flexibility index (Phi) is 5.08. The molecular weight excluding hydrogens is 350 g/mol. The minimum atomic E-state index is -3.89. The zero-order chi connectivity index (χ0) is 15.6. The third-order valence-electron chi connectivity index (χ3n) is 2.62. The van der Waals surface area contributed by atoms with Gasteiger partial charge < -0.3 is 11.2 Å². The molecule has 1 rings (SSSR count). The standard InChI is InChI=1S/C10H16BrN5O3S/c1-10(2,9(12)17)5-15-20(18,19)7-3-6(11)4-14-8(7)16-13/h3-4,15H,5,13H2,1-2H3,(H2,12,17)(H,14,16). The van der Waals surface area contributed by atoms with Crippen LogP contribution in [-0.4, -0.2) is 25.9 Å². The summed E-state index contributed by atoms with van der Waals surface area (Å²) in [7, 11) is -3.89. The van der Waals surface area contributed by atoms with Crippen LogP contribution in [-0.2, 0) is 14.8 Å². The van der Waals surface area contributed by atoms with Gasteiger partial charge >= 0.3 is 0 Å². The lowest BCUT2D eigenvalue weighted by atomic mass is 9.93. The number of hydrogen-bond donors (Lipinski definition) is 4. The fourth-order valence-electron chi connectivity index (χ4n) is 1.17. The van der Waals surface area contributed by atoms with Gasteiger partial charge in [-0.3, -0.25) is 4.79 Å². The summed E-state index contributed by atoms with van der Waals surface area (Å²) < 4.78 is 27.2. The third-order valence-corrected chi connectivity index (χ3v) is 4.47. The number of amides is 1. The lowest BCUT2D eigenvalue weighted by Gasteiger charge is -2.21. The van der Waals surface area contributed by atoms with Gasteiger partial charge in [-0.1, -0.05) is 0 Å². The summed E-state index contributed by atoms with van der Waals surface area (Å²) >= 11 is 3.13. The third kappa shape index (κ3) is 3.88. The quantitative estimate of drug-likeness (QED) is 0.410. The Balaban J connectivity index is 3.06. The number of nitrogens with one attached hydrogen (secondary N) is 2. The lowest BCUT2D eigenvalue weighted by molar-refractivity contribution is -0.125. The minimum absolute atomic E-state index is 0.00224. The van der Waals surface area contributed by atoms with E-state index in [1.807, 2.05) is 0 Å². The van der Waals surface area contributed by atoms with Crippen molar-refractivity contribution in [2.75, 3.05) is 12.0 Å². The van der Waals surface area contributed by atoms with Gasteiger partial charge in [0.25, 0.3) is 0 Å². The topological polar surface area (TPSA) is 140 Å². The highest BCUT2D eigenvalue weighted by molar-refractivity contribution is 9.10. The summed E-state index contributed by atoms with van der Waals surface area (Å²) in [5, 5.41) is 0. The van der Waals surface area contributed by atoms with E-state index in [0.29, 0.717) is 4.47 Å². The molecule has 0 saturated carbocycles. The molecule has 0 aromatic carbocycles. The Hall–Kier alpha value is -1.23. The van der Waals surface area contributed by atoms with Crippen LogP contribution in [0.2, 0.25) is 0 Å². The van der Waals surface area contributed by atoms with E-state index in [9.17, 15) is 13.2 Å². The minimum Gasteiger partial charge on any atom is -0.369 e. The van der Waals surface area contributed by atoms with Crippen molar-refractivity contribution in [2.45, 2.75) is 18.7 Å². The number of nitrogens with two attached hydrogens (primary N) is 2. The zero-order valence-corrected chi connectivity index (χ0v) is 13.4. The summed E-state index contributed by atoms with van der Waals surface area (Å²) in [5.41, 5.74) is 6.39. The van der Waals surface area contributed by atoms with Crippen molar-refractivity contribution in [3.8, 4) is 0 Å². The van der Waals surface area contributed by atoms with Crippen LogP contribution >= 0.6 is 15.9 Å². The number of anilines is 1. The van der Waals surface area contributed by atoms with Crippen molar-refractivity contribution in [2.24, 2.45) is 17.0 Å². The normalized spacial score (nSPS) is 12.2. The van der Waals surface area contributed by atoms with Crippen molar-refractivity contribution < 1.29 is 13.2 Å². The van der Waals surface area contributed by atoms with Gasteiger partial charge in [0.05, 0.1) is 5.41 Å². The van der Waals surface area contributed by atoms with E-state index < -0.39 is 21.3 Å². The summed E-state index contributed by atoms with van der Waals surface area (Å²) in [4.78, 5) is 14.9. The van der Waals surface area contributed by atoms with Crippen LogP contribution in [0.4, 0.5) is 5.82 Å². The number of primary amides is 1. The number of nitrogens with zero attached hydrogens (tertiary/aromatic N) is 1. The van der Waals surface area contributed by atoms with Gasteiger partial charge in [0.15, 0.2) is 5.82 Å². The van der Waals surface area contributed by atoms with Crippen LogP contribution in [0.15, 0.2) is 21.6 Å². The summed E-state index contributed by atoms with van der Waals surface area (Å²) in [6, 6.07) is 1.35. The summed E-state index contributed by atoms with van der Waals surface area (Å²) in [6.07, 6.45) is 1.40. The zero-order valence-electron chi connectivity index (χ0n) is 11.0. The van der Waals surface area contributed by atoms with Gasteiger partial charge in [-0.05, 0) is 35.8 Å². The molecule has 0 aliphatic rings. The van der Waals surface area contributed by atoms with Crippen molar-refractivity contribution in [3.63, 3.8) is 0 Å². The number of hydrogen-bond acceptors (Lipinski definition) is 6. The van der Waals surface area contributed by atoms with Crippen molar-refractivity contribution >= 4 is 37.7 Å². The van der Waals surface area contributed by atoms with E-state index in [0.717, 1.165) is 0 Å². The fraction of sp³-hybridized carbons (Fsp3) is 0.400. The lowest BCUT2D eigenvalue weighted by Crippen LogP contribution is -2.42. The molecule has 0 unspecified atom stereocenters. The average molecular weight is 366 g/mol. The van der Waals surface area contributed by atoms with Gasteiger partial charge in [0.1, 0.15) is 4.90 Å². The van der Waals surface area contributed by atoms with Crippen molar-refractivity contribution in [3.05, 3.63) is 16.7 Å². The Morgan fingerprint density at radius 2 is 2.10 bits per heavy atom. The first-order chi connectivity index (χ1) is 9.10. The van der Waals surface area contributed by atoms with Crippen LogP contribution in [0.25, 0.3) is 0 Å². The van der Waals surface area contributed by atoms with Crippen molar-refractivity contribution in [1.29, 1.82) is 0 Å².